The van der Waals surface area contributed by atoms with Crippen molar-refractivity contribution < 1.29 is 19.1 Å². The number of rotatable bonds is 9. The summed E-state index contributed by atoms with van der Waals surface area (Å²) in [5, 5.41) is 7.12. The molecule has 1 saturated heterocycles. The molecule has 224 valence electrons. The van der Waals surface area contributed by atoms with Crippen LogP contribution in [0.1, 0.15) is 63.9 Å². The molecule has 0 spiro atoms. The molecule has 0 aromatic heterocycles. The van der Waals surface area contributed by atoms with Crippen molar-refractivity contribution in [2.24, 2.45) is 10.9 Å². The smallest absolute Gasteiger partial charge is 0.336 e. The zero-order valence-electron chi connectivity index (χ0n) is 24.9. The van der Waals surface area contributed by atoms with Crippen LogP contribution in [0.2, 0.25) is 0 Å². The monoisotopic (exact) mass is 583 g/mol. The molecular formula is C31H45N5O4S. The SMILES string of the molecule is COC(=O)C1=C(C)N=C(C)C(C(=O)OC)C1c1cccc(NC(=S)NCCCN2CCN(C3CCCCC3)CC2)c1. The molecule has 1 aromatic carbocycles. The van der Waals surface area contributed by atoms with Crippen molar-refractivity contribution in [2.75, 3.05) is 58.8 Å². The first kappa shape index (κ1) is 31.1. The first-order valence-electron chi connectivity index (χ1n) is 14.9. The minimum absolute atomic E-state index is 0.353. The number of esters is 2. The predicted molar refractivity (Wildman–Crippen MR) is 166 cm³/mol. The Morgan fingerprint density at radius 2 is 1.78 bits per heavy atom. The highest BCUT2D eigenvalue weighted by atomic mass is 32.1. The van der Waals surface area contributed by atoms with Gasteiger partial charge >= 0.3 is 11.9 Å². The van der Waals surface area contributed by atoms with Gasteiger partial charge in [0.25, 0.3) is 0 Å². The number of methoxy groups -OCH3 is 2. The molecule has 0 bridgehead atoms. The Morgan fingerprint density at radius 1 is 1.05 bits per heavy atom. The summed E-state index contributed by atoms with van der Waals surface area (Å²) in [7, 11) is 2.67. The second kappa shape index (κ2) is 14.9. The lowest BCUT2D eigenvalue weighted by atomic mass is 9.75. The molecule has 3 aliphatic rings. The standard InChI is InChI=1S/C31H45N5O4S/c1-21-26(29(37)39-3)28(27(22(2)33-21)30(38)40-4)23-10-8-11-24(20-23)34-31(41)32-14-9-15-35-16-18-36(19-17-35)25-12-6-5-7-13-25/h8,10-11,20,25-26,28H,5-7,9,12-19H2,1-4H3,(H2,32,34,41). The Balaban J connectivity index is 1.30. The number of nitrogens with zero attached hydrogens (tertiary/aromatic N) is 3. The van der Waals surface area contributed by atoms with E-state index in [1.165, 1.54) is 59.4 Å². The fourth-order valence-electron chi connectivity index (χ4n) is 6.49. The molecule has 2 heterocycles. The van der Waals surface area contributed by atoms with Crippen LogP contribution in [-0.4, -0.2) is 92.1 Å². The van der Waals surface area contributed by atoms with Crippen molar-refractivity contribution in [1.29, 1.82) is 0 Å². The summed E-state index contributed by atoms with van der Waals surface area (Å²) < 4.78 is 10.2. The van der Waals surface area contributed by atoms with E-state index < -0.39 is 23.8 Å². The fourth-order valence-corrected chi connectivity index (χ4v) is 6.71. The molecule has 10 heteroatoms. The van der Waals surface area contributed by atoms with Gasteiger partial charge < -0.3 is 25.0 Å². The topological polar surface area (TPSA) is 95.5 Å². The van der Waals surface area contributed by atoms with E-state index in [0.29, 0.717) is 22.1 Å². The lowest BCUT2D eigenvalue weighted by molar-refractivity contribution is -0.143. The molecule has 2 aliphatic heterocycles. The molecule has 4 rings (SSSR count). The molecular weight excluding hydrogens is 538 g/mol. The third kappa shape index (κ3) is 7.93. The Kier molecular flexibility index (Phi) is 11.3. The van der Waals surface area contributed by atoms with Crippen LogP contribution in [0.3, 0.4) is 0 Å². The number of nitrogens with one attached hydrogen (secondary N) is 2. The third-order valence-electron chi connectivity index (χ3n) is 8.63. The van der Waals surface area contributed by atoms with Crippen molar-refractivity contribution >= 4 is 40.7 Å². The summed E-state index contributed by atoms with van der Waals surface area (Å²) in [5.74, 6) is -2.28. The zero-order chi connectivity index (χ0) is 29.4. The number of anilines is 1. The van der Waals surface area contributed by atoms with Gasteiger partial charge in [-0.05, 0) is 69.6 Å². The molecule has 2 unspecified atom stereocenters. The van der Waals surface area contributed by atoms with Crippen molar-refractivity contribution in [3.8, 4) is 0 Å². The molecule has 2 N–H and O–H groups in total. The van der Waals surface area contributed by atoms with E-state index in [1.807, 2.05) is 24.3 Å². The van der Waals surface area contributed by atoms with Gasteiger partial charge in [0.1, 0.15) is 5.92 Å². The predicted octanol–water partition coefficient (Wildman–Crippen LogP) is 4.11. The summed E-state index contributed by atoms with van der Waals surface area (Å²) in [4.78, 5) is 35.3. The lowest BCUT2D eigenvalue weighted by Crippen LogP contribution is -2.51. The number of hydrogen-bond donors (Lipinski definition) is 2. The number of ether oxygens (including phenoxy) is 2. The van der Waals surface area contributed by atoms with Crippen LogP contribution in [0.5, 0.6) is 0 Å². The van der Waals surface area contributed by atoms with Crippen molar-refractivity contribution in [1.82, 2.24) is 15.1 Å². The zero-order valence-corrected chi connectivity index (χ0v) is 25.7. The van der Waals surface area contributed by atoms with Crippen LogP contribution in [0.25, 0.3) is 0 Å². The Morgan fingerprint density at radius 3 is 2.46 bits per heavy atom. The van der Waals surface area contributed by atoms with E-state index in [0.717, 1.165) is 49.9 Å². The Labute approximate surface area is 249 Å². The van der Waals surface area contributed by atoms with Crippen LogP contribution >= 0.6 is 12.2 Å². The van der Waals surface area contributed by atoms with Crippen LogP contribution in [-0.2, 0) is 19.1 Å². The van der Waals surface area contributed by atoms with Crippen molar-refractivity contribution in [2.45, 2.75) is 64.3 Å². The quantitative estimate of drug-likeness (QED) is 0.253. The van der Waals surface area contributed by atoms with Gasteiger partial charge in [-0.1, -0.05) is 31.4 Å². The van der Waals surface area contributed by atoms with Crippen LogP contribution in [0.4, 0.5) is 5.69 Å². The number of hydrogen-bond acceptors (Lipinski definition) is 8. The summed E-state index contributed by atoms with van der Waals surface area (Å²) in [5.41, 5.74) is 3.02. The van der Waals surface area contributed by atoms with Gasteiger partial charge in [0.2, 0.25) is 0 Å². The van der Waals surface area contributed by atoms with E-state index in [1.54, 1.807) is 13.8 Å². The first-order chi connectivity index (χ1) is 19.8. The van der Waals surface area contributed by atoms with Gasteiger partial charge in [0.05, 0.1) is 19.8 Å². The molecule has 1 aromatic rings. The summed E-state index contributed by atoms with van der Waals surface area (Å²) in [6.45, 7) is 10.0. The van der Waals surface area contributed by atoms with E-state index >= 15 is 0 Å². The van der Waals surface area contributed by atoms with Crippen molar-refractivity contribution in [3.05, 3.63) is 41.1 Å². The van der Waals surface area contributed by atoms with Crippen LogP contribution in [0.15, 0.2) is 40.5 Å². The van der Waals surface area contributed by atoms with E-state index in [2.05, 4.69) is 25.4 Å². The number of carbonyl (C=O) groups is 2. The average Bonchev–Trinajstić information content (AvgIpc) is 2.99. The van der Waals surface area contributed by atoms with Gasteiger partial charge in [-0.25, -0.2) is 4.79 Å². The average molecular weight is 584 g/mol. The molecule has 0 radical (unpaired) electrons. The number of piperazine rings is 1. The normalized spacial score (nSPS) is 22.6. The number of thiocarbonyl (C=S) groups is 1. The second-order valence-corrected chi connectivity index (χ2v) is 11.7. The molecule has 1 aliphatic carbocycles. The second-order valence-electron chi connectivity index (χ2n) is 11.3. The highest BCUT2D eigenvalue weighted by Crippen LogP contribution is 2.40. The van der Waals surface area contributed by atoms with Crippen LogP contribution in [0, 0.1) is 5.92 Å². The van der Waals surface area contributed by atoms with Gasteiger partial charge in [-0.3, -0.25) is 14.7 Å². The van der Waals surface area contributed by atoms with Gasteiger partial charge in [-0.15, -0.1) is 0 Å². The summed E-state index contributed by atoms with van der Waals surface area (Å²) in [6, 6.07) is 8.41. The molecule has 1 saturated carbocycles. The van der Waals surface area contributed by atoms with Crippen LogP contribution < -0.4 is 10.6 Å². The highest BCUT2D eigenvalue weighted by molar-refractivity contribution is 7.80. The van der Waals surface area contributed by atoms with E-state index in [4.69, 9.17) is 21.7 Å². The van der Waals surface area contributed by atoms with Crippen molar-refractivity contribution in [3.63, 3.8) is 0 Å². The maximum absolute atomic E-state index is 12.8. The first-order valence-corrected chi connectivity index (χ1v) is 15.3. The van der Waals surface area contributed by atoms with E-state index in [9.17, 15) is 9.59 Å². The van der Waals surface area contributed by atoms with Gasteiger partial charge in [-0.2, -0.15) is 0 Å². The van der Waals surface area contributed by atoms with Gasteiger partial charge in [0, 0.05) is 61.8 Å². The number of carbonyl (C=O) groups excluding carboxylic acids is 2. The highest BCUT2D eigenvalue weighted by Gasteiger charge is 2.42. The maximum atomic E-state index is 12.8. The Hall–Kier alpha value is -2.82. The molecule has 41 heavy (non-hydrogen) atoms. The minimum Gasteiger partial charge on any atom is -0.468 e. The fraction of sp³-hybridized carbons (Fsp3) is 0.613. The largest absolute Gasteiger partial charge is 0.468 e. The third-order valence-corrected chi connectivity index (χ3v) is 8.87. The number of benzene rings is 1. The number of allylic oxidation sites excluding steroid dienone is 1. The van der Waals surface area contributed by atoms with E-state index in [-0.39, 0.29) is 0 Å². The summed E-state index contributed by atoms with van der Waals surface area (Å²) >= 11 is 5.58. The molecule has 2 atom stereocenters. The maximum Gasteiger partial charge on any atom is 0.336 e. The lowest BCUT2D eigenvalue weighted by Gasteiger charge is -2.40. The minimum atomic E-state index is -0.734. The molecule has 9 nitrogen and oxygen atoms in total. The molecule has 0 amide bonds. The summed E-state index contributed by atoms with van der Waals surface area (Å²) in [6.07, 6.45) is 7.96. The Bertz CT molecular complexity index is 1150. The van der Waals surface area contributed by atoms with Gasteiger partial charge in [0.15, 0.2) is 5.11 Å². The number of aliphatic imine (C=N–C) groups is 1. The molecule has 2 fully saturated rings.